The van der Waals surface area contributed by atoms with Crippen LogP contribution in [0.1, 0.15) is 55.5 Å². The molecule has 1 saturated heterocycles. The van der Waals surface area contributed by atoms with Gasteiger partial charge in [-0.25, -0.2) is 0 Å². The number of nitrogens with one attached hydrogen (secondary N) is 1. The minimum absolute atomic E-state index is 0.0296. The molecule has 0 saturated carbocycles. The van der Waals surface area contributed by atoms with Gasteiger partial charge in [-0.15, -0.1) is 0 Å². The normalized spacial score (nSPS) is 16.2. The zero-order valence-corrected chi connectivity index (χ0v) is 13.6. The highest BCUT2D eigenvalue weighted by molar-refractivity contribution is 5.95. The molecule has 1 heterocycles. The molecule has 1 N–H and O–H groups in total. The Morgan fingerprint density at radius 2 is 2.14 bits per heavy atom. The van der Waals surface area contributed by atoms with Gasteiger partial charge in [-0.1, -0.05) is 13.3 Å². The summed E-state index contributed by atoms with van der Waals surface area (Å²) in [5, 5.41) is 12.7. The van der Waals surface area contributed by atoms with Gasteiger partial charge >= 0.3 is 0 Å². The standard InChI is InChI=1S/C18H25N3O/c1-3-4-9-21-10-7-17(8-11-21)20-18-12-15(14(2)22)5-6-16(18)13-19/h5-6,12,17,20H,3-4,7-11H2,1-2H3. The Labute approximate surface area is 133 Å². The molecule has 1 aliphatic heterocycles. The summed E-state index contributed by atoms with van der Waals surface area (Å²) in [5.74, 6) is 0.0296. The first-order valence-corrected chi connectivity index (χ1v) is 8.18. The van der Waals surface area contributed by atoms with Crippen LogP contribution in [0.3, 0.4) is 0 Å². The summed E-state index contributed by atoms with van der Waals surface area (Å²) in [6, 6.07) is 7.85. The highest BCUT2D eigenvalue weighted by Crippen LogP contribution is 2.22. The maximum Gasteiger partial charge on any atom is 0.159 e. The van der Waals surface area contributed by atoms with E-state index in [1.807, 2.05) is 6.07 Å². The van der Waals surface area contributed by atoms with Crippen molar-refractivity contribution in [3.8, 4) is 6.07 Å². The van der Waals surface area contributed by atoms with E-state index in [2.05, 4.69) is 23.2 Å². The van der Waals surface area contributed by atoms with Crippen LogP contribution in [0.4, 0.5) is 5.69 Å². The third-order valence-electron chi connectivity index (χ3n) is 4.32. The fraction of sp³-hybridized carbons (Fsp3) is 0.556. The number of carbonyl (C=O) groups is 1. The molecule has 0 bridgehead atoms. The van der Waals surface area contributed by atoms with Crippen molar-refractivity contribution in [3.63, 3.8) is 0 Å². The topological polar surface area (TPSA) is 56.1 Å². The van der Waals surface area contributed by atoms with Crippen molar-refractivity contribution < 1.29 is 4.79 Å². The van der Waals surface area contributed by atoms with Crippen LogP contribution in [0.2, 0.25) is 0 Å². The van der Waals surface area contributed by atoms with Gasteiger partial charge in [-0.3, -0.25) is 4.79 Å². The van der Waals surface area contributed by atoms with E-state index in [1.54, 1.807) is 19.1 Å². The molecule has 2 rings (SSSR count). The Hall–Kier alpha value is -1.86. The van der Waals surface area contributed by atoms with Gasteiger partial charge in [0.05, 0.1) is 11.3 Å². The molecule has 1 aromatic rings. The number of rotatable bonds is 6. The lowest BCUT2D eigenvalue weighted by atomic mass is 10.0. The van der Waals surface area contributed by atoms with E-state index in [-0.39, 0.29) is 5.78 Å². The SMILES string of the molecule is CCCCN1CCC(Nc2cc(C(C)=O)ccc2C#N)CC1. The van der Waals surface area contributed by atoms with Crippen molar-refractivity contribution in [3.05, 3.63) is 29.3 Å². The molecule has 0 aliphatic carbocycles. The van der Waals surface area contributed by atoms with Crippen LogP contribution in [0, 0.1) is 11.3 Å². The molecule has 0 aromatic heterocycles. The molecule has 4 heteroatoms. The monoisotopic (exact) mass is 299 g/mol. The predicted octanol–water partition coefficient (Wildman–Crippen LogP) is 3.44. The number of benzene rings is 1. The highest BCUT2D eigenvalue weighted by atomic mass is 16.1. The fourth-order valence-corrected chi connectivity index (χ4v) is 2.88. The number of unbranched alkanes of at least 4 members (excludes halogenated alkanes) is 1. The lowest BCUT2D eigenvalue weighted by Crippen LogP contribution is -2.39. The average Bonchev–Trinajstić information content (AvgIpc) is 2.54. The van der Waals surface area contributed by atoms with E-state index < -0.39 is 0 Å². The predicted molar refractivity (Wildman–Crippen MR) is 89.2 cm³/mol. The molecule has 0 atom stereocenters. The maximum absolute atomic E-state index is 11.5. The van der Waals surface area contributed by atoms with Crippen LogP contribution in [0.5, 0.6) is 0 Å². The van der Waals surface area contributed by atoms with E-state index in [1.165, 1.54) is 19.4 Å². The Bertz CT molecular complexity index is 554. The Kier molecular flexibility index (Phi) is 5.97. The smallest absolute Gasteiger partial charge is 0.159 e. The maximum atomic E-state index is 11.5. The van der Waals surface area contributed by atoms with Crippen LogP contribution in [-0.2, 0) is 0 Å². The zero-order valence-electron chi connectivity index (χ0n) is 13.6. The van der Waals surface area contributed by atoms with Gasteiger partial charge in [0.25, 0.3) is 0 Å². The van der Waals surface area contributed by atoms with Crippen LogP contribution in [0.25, 0.3) is 0 Å². The Morgan fingerprint density at radius 1 is 1.41 bits per heavy atom. The van der Waals surface area contributed by atoms with E-state index >= 15 is 0 Å². The number of piperidine rings is 1. The van der Waals surface area contributed by atoms with Crippen molar-refractivity contribution in [1.29, 1.82) is 5.26 Å². The van der Waals surface area contributed by atoms with Crippen molar-refractivity contribution in [2.24, 2.45) is 0 Å². The molecule has 4 nitrogen and oxygen atoms in total. The third kappa shape index (κ3) is 4.32. The highest BCUT2D eigenvalue weighted by Gasteiger charge is 2.19. The van der Waals surface area contributed by atoms with E-state index in [9.17, 15) is 10.1 Å². The Morgan fingerprint density at radius 3 is 2.73 bits per heavy atom. The van der Waals surface area contributed by atoms with E-state index in [0.717, 1.165) is 31.6 Å². The van der Waals surface area contributed by atoms with Gasteiger partial charge in [-0.05, 0) is 50.9 Å². The average molecular weight is 299 g/mol. The summed E-state index contributed by atoms with van der Waals surface area (Å²) in [4.78, 5) is 14.0. The fourth-order valence-electron chi connectivity index (χ4n) is 2.88. The van der Waals surface area contributed by atoms with Gasteiger partial charge in [0.2, 0.25) is 0 Å². The summed E-state index contributed by atoms with van der Waals surface area (Å²) in [5.41, 5.74) is 2.06. The minimum atomic E-state index is 0.0296. The molecule has 118 valence electrons. The number of hydrogen-bond donors (Lipinski definition) is 1. The second-order valence-electron chi connectivity index (χ2n) is 6.04. The number of nitrogens with zero attached hydrogens (tertiary/aromatic N) is 2. The van der Waals surface area contributed by atoms with Crippen molar-refractivity contribution in [2.45, 2.75) is 45.6 Å². The van der Waals surface area contributed by atoms with E-state index in [4.69, 9.17) is 0 Å². The molecular formula is C18H25N3O. The third-order valence-corrected chi connectivity index (χ3v) is 4.32. The van der Waals surface area contributed by atoms with Crippen LogP contribution in [-0.4, -0.2) is 36.4 Å². The van der Waals surface area contributed by atoms with Gasteiger partial charge in [-0.2, -0.15) is 5.26 Å². The van der Waals surface area contributed by atoms with Gasteiger partial charge in [0, 0.05) is 24.7 Å². The number of ketones is 1. The van der Waals surface area contributed by atoms with Crippen molar-refractivity contribution in [1.82, 2.24) is 4.90 Å². The van der Waals surface area contributed by atoms with E-state index in [0.29, 0.717) is 17.2 Å². The van der Waals surface area contributed by atoms with Crippen LogP contribution < -0.4 is 5.32 Å². The summed E-state index contributed by atoms with van der Waals surface area (Å²) in [7, 11) is 0. The first kappa shape index (κ1) is 16.5. The lowest BCUT2D eigenvalue weighted by molar-refractivity contribution is 0.101. The molecule has 1 aromatic carbocycles. The molecule has 0 radical (unpaired) electrons. The summed E-state index contributed by atoms with van der Waals surface area (Å²) in [6.45, 7) is 7.17. The first-order valence-electron chi connectivity index (χ1n) is 8.18. The minimum Gasteiger partial charge on any atom is -0.381 e. The number of Topliss-reactive ketones (excluding diaryl/α,β-unsaturated/α-hetero) is 1. The first-order chi connectivity index (χ1) is 10.6. The van der Waals surface area contributed by atoms with Crippen LogP contribution in [0.15, 0.2) is 18.2 Å². The number of nitriles is 1. The second-order valence-corrected chi connectivity index (χ2v) is 6.04. The summed E-state index contributed by atoms with van der Waals surface area (Å²) >= 11 is 0. The summed E-state index contributed by atoms with van der Waals surface area (Å²) in [6.07, 6.45) is 4.66. The molecular weight excluding hydrogens is 274 g/mol. The number of anilines is 1. The molecule has 0 spiro atoms. The lowest BCUT2D eigenvalue weighted by Gasteiger charge is -2.33. The van der Waals surface area contributed by atoms with Crippen LogP contribution >= 0.6 is 0 Å². The largest absolute Gasteiger partial charge is 0.381 e. The zero-order chi connectivity index (χ0) is 15.9. The summed E-state index contributed by atoms with van der Waals surface area (Å²) < 4.78 is 0. The molecule has 0 amide bonds. The van der Waals surface area contributed by atoms with Crippen molar-refractivity contribution in [2.75, 3.05) is 25.0 Å². The quantitative estimate of drug-likeness (QED) is 0.818. The molecule has 22 heavy (non-hydrogen) atoms. The number of hydrogen-bond acceptors (Lipinski definition) is 4. The second kappa shape index (κ2) is 7.95. The number of carbonyl (C=O) groups excluding carboxylic acids is 1. The van der Waals surface area contributed by atoms with Gasteiger partial charge in [0.1, 0.15) is 6.07 Å². The number of likely N-dealkylation sites (tertiary alicyclic amines) is 1. The van der Waals surface area contributed by atoms with Gasteiger partial charge < -0.3 is 10.2 Å². The molecule has 0 unspecified atom stereocenters. The molecule has 1 fully saturated rings. The van der Waals surface area contributed by atoms with Gasteiger partial charge in [0.15, 0.2) is 5.78 Å². The Balaban J connectivity index is 1.98. The van der Waals surface area contributed by atoms with Crippen molar-refractivity contribution >= 4 is 11.5 Å². The molecule has 1 aliphatic rings.